The Labute approximate surface area is 109 Å². The second-order valence-electron chi connectivity index (χ2n) is 3.62. The highest BCUT2D eigenvalue weighted by Gasteiger charge is 2.10. The zero-order chi connectivity index (χ0) is 13.0. The van der Waals surface area contributed by atoms with E-state index >= 15 is 0 Å². The van der Waals surface area contributed by atoms with E-state index in [0.29, 0.717) is 23.0 Å². The van der Waals surface area contributed by atoms with E-state index in [1.807, 2.05) is 0 Å². The number of amides is 1. The Morgan fingerprint density at radius 2 is 2.28 bits per heavy atom. The van der Waals surface area contributed by atoms with Crippen LogP contribution in [0.5, 0.6) is 0 Å². The van der Waals surface area contributed by atoms with Crippen molar-refractivity contribution in [1.29, 1.82) is 0 Å². The lowest BCUT2D eigenvalue weighted by Crippen LogP contribution is -2.11. The van der Waals surface area contributed by atoms with Crippen molar-refractivity contribution in [1.82, 2.24) is 9.78 Å². The van der Waals surface area contributed by atoms with Gasteiger partial charge in [-0.2, -0.15) is 5.10 Å². The summed E-state index contributed by atoms with van der Waals surface area (Å²) in [5.74, 6) is -0.266. The van der Waals surface area contributed by atoms with Crippen LogP contribution in [0.4, 0.5) is 5.69 Å². The standard InChI is InChI=1S/C12H12ClN3O2/c1-18-8-16-7-9(6-14-16)15-12(17)10-4-2-3-5-11(10)13/h2-7H,8H2,1H3,(H,15,17). The fraction of sp³-hybridized carbons (Fsp3) is 0.167. The van der Waals surface area contributed by atoms with Gasteiger partial charge in [0.1, 0.15) is 6.73 Å². The summed E-state index contributed by atoms with van der Waals surface area (Å²) in [5, 5.41) is 7.15. The minimum atomic E-state index is -0.266. The Hall–Kier alpha value is -1.85. The monoisotopic (exact) mass is 265 g/mol. The largest absolute Gasteiger partial charge is 0.362 e. The molecule has 0 aliphatic heterocycles. The third-order valence-electron chi connectivity index (χ3n) is 2.27. The third-order valence-corrected chi connectivity index (χ3v) is 2.60. The van der Waals surface area contributed by atoms with Crippen molar-refractivity contribution in [3.8, 4) is 0 Å². The highest BCUT2D eigenvalue weighted by Crippen LogP contribution is 2.16. The molecule has 0 spiro atoms. The van der Waals surface area contributed by atoms with Crippen LogP contribution in [0.1, 0.15) is 10.4 Å². The molecule has 0 aliphatic rings. The number of rotatable bonds is 4. The minimum absolute atomic E-state index is 0.266. The van der Waals surface area contributed by atoms with Crippen LogP contribution in [0.3, 0.4) is 0 Å². The summed E-state index contributed by atoms with van der Waals surface area (Å²) in [6.07, 6.45) is 3.23. The van der Waals surface area contributed by atoms with Gasteiger partial charge in [-0.15, -0.1) is 0 Å². The first-order valence-electron chi connectivity index (χ1n) is 5.28. The molecule has 0 radical (unpaired) electrons. The summed E-state index contributed by atoms with van der Waals surface area (Å²) in [7, 11) is 1.57. The number of carbonyl (C=O) groups excluding carboxylic acids is 1. The number of carbonyl (C=O) groups is 1. The van der Waals surface area contributed by atoms with Crippen LogP contribution in [-0.4, -0.2) is 22.8 Å². The molecule has 0 fully saturated rings. The molecule has 0 bridgehead atoms. The average molecular weight is 266 g/mol. The minimum Gasteiger partial charge on any atom is -0.362 e. The number of halogens is 1. The van der Waals surface area contributed by atoms with E-state index in [4.69, 9.17) is 16.3 Å². The maximum absolute atomic E-state index is 11.9. The molecule has 0 saturated carbocycles. The second-order valence-corrected chi connectivity index (χ2v) is 4.03. The van der Waals surface area contributed by atoms with Gasteiger partial charge in [-0.25, -0.2) is 4.68 Å². The van der Waals surface area contributed by atoms with Crippen molar-refractivity contribution in [3.05, 3.63) is 47.2 Å². The molecule has 0 saturated heterocycles. The summed E-state index contributed by atoms with van der Waals surface area (Å²) in [5.41, 5.74) is 1.02. The van der Waals surface area contributed by atoms with E-state index < -0.39 is 0 Å². The number of benzene rings is 1. The Bertz CT molecular complexity index is 554. The van der Waals surface area contributed by atoms with Crippen LogP contribution in [0, 0.1) is 0 Å². The average Bonchev–Trinajstić information content (AvgIpc) is 2.77. The van der Waals surface area contributed by atoms with Crippen molar-refractivity contribution >= 4 is 23.2 Å². The van der Waals surface area contributed by atoms with Gasteiger partial charge in [0.15, 0.2) is 0 Å². The smallest absolute Gasteiger partial charge is 0.257 e. The van der Waals surface area contributed by atoms with Crippen molar-refractivity contribution in [2.45, 2.75) is 6.73 Å². The van der Waals surface area contributed by atoms with E-state index in [9.17, 15) is 4.79 Å². The lowest BCUT2D eigenvalue weighted by atomic mass is 10.2. The maximum Gasteiger partial charge on any atom is 0.257 e. The van der Waals surface area contributed by atoms with Crippen LogP contribution in [0.15, 0.2) is 36.7 Å². The highest BCUT2D eigenvalue weighted by atomic mass is 35.5. The molecule has 1 aromatic heterocycles. The molecule has 6 heteroatoms. The first-order chi connectivity index (χ1) is 8.70. The van der Waals surface area contributed by atoms with Gasteiger partial charge >= 0.3 is 0 Å². The summed E-state index contributed by atoms with van der Waals surface area (Å²) in [6, 6.07) is 6.87. The molecular formula is C12H12ClN3O2. The molecular weight excluding hydrogens is 254 g/mol. The molecule has 2 rings (SSSR count). The van der Waals surface area contributed by atoms with Crippen molar-refractivity contribution < 1.29 is 9.53 Å². The summed E-state index contributed by atoms with van der Waals surface area (Å²) >= 11 is 5.94. The summed E-state index contributed by atoms with van der Waals surface area (Å²) in [4.78, 5) is 11.9. The lowest BCUT2D eigenvalue weighted by Gasteiger charge is -2.03. The fourth-order valence-electron chi connectivity index (χ4n) is 1.47. The molecule has 1 aromatic carbocycles. The zero-order valence-electron chi connectivity index (χ0n) is 9.76. The predicted octanol–water partition coefficient (Wildman–Crippen LogP) is 2.39. The number of methoxy groups -OCH3 is 1. The quantitative estimate of drug-likeness (QED) is 0.923. The summed E-state index contributed by atoms with van der Waals surface area (Å²) < 4.78 is 6.49. The molecule has 1 amide bonds. The van der Waals surface area contributed by atoms with Gasteiger partial charge in [-0.3, -0.25) is 4.79 Å². The Morgan fingerprint density at radius 1 is 1.50 bits per heavy atom. The Kier molecular flexibility index (Phi) is 3.96. The number of nitrogens with one attached hydrogen (secondary N) is 1. The number of anilines is 1. The van der Waals surface area contributed by atoms with Crippen molar-refractivity contribution in [2.75, 3.05) is 12.4 Å². The normalized spacial score (nSPS) is 10.3. The molecule has 5 nitrogen and oxygen atoms in total. The van der Waals surface area contributed by atoms with Crippen LogP contribution in [0.25, 0.3) is 0 Å². The van der Waals surface area contributed by atoms with Gasteiger partial charge in [0.25, 0.3) is 5.91 Å². The van der Waals surface area contributed by atoms with E-state index in [0.717, 1.165) is 0 Å². The fourth-order valence-corrected chi connectivity index (χ4v) is 1.70. The first kappa shape index (κ1) is 12.6. The van der Waals surface area contributed by atoms with Crippen molar-refractivity contribution in [3.63, 3.8) is 0 Å². The van der Waals surface area contributed by atoms with E-state index in [-0.39, 0.29) is 5.91 Å². The molecule has 2 aromatic rings. The molecule has 0 unspecified atom stereocenters. The number of hydrogen-bond donors (Lipinski definition) is 1. The topological polar surface area (TPSA) is 56.1 Å². The van der Waals surface area contributed by atoms with Gasteiger partial charge in [0.2, 0.25) is 0 Å². The molecule has 1 N–H and O–H groups in total. The van der Waals surface area contributed by atoms with E-state index in [2.05, 4.69) is 10.4 Å². The zero-order valence-corrected chi connectivity index (χ0v) is 10.5. The summed E-state index contributed by atoms with van der Waals surface area (Å²) in [6.45, 7) is 0.335. The SMILES string of the molecule is COCn1cc(NC(=O)c2ccccc2Cl)cn1. The highest BCUT2D eigenvalue weighted by molar-refractivity contribution is 6.34. The van der Waals surface area contributed by atoms with Gasteiger partial charge < -0.3 is 10.1 Å². The van der Waals surface area contributed by atoms with Gasteiger partial charge in [0, 0.05) is 7.11 Å². The van der Waals surface area contributed by atoms with Gasteiger partial charge in [-0.05, 0) is 12.1 Å². The molecule has 18 heavy (non-hydrogen) atoms. The molecule has 0 atom stereocenters. The maximum atomic E-state index is 11.9. The first-order valence-corrected chi connectivity index (χ1v) is 5.66. The number of hydrogen-bond acceptors (Lipinski definition) is 3. The van der Waals surface area contributed by atoms with Crippen molar-refractivity contribution in [2.24, 2.45) is 0 Å². The molecule has 0 aliphatic carbocycles. The van der Waals surface area contributed by atoms with Gasteiger partial charge in [-0.1, -0.05) is 23.7 Å². The van der Waals surface area contributed by atoms with Gasteiger partial charge in [0.05, 0.1) is 28.7 Å². The number of ether oxygens (including phenoxy) is 1. The third kappa shape index (κ3) is 2.88. The predicted molar refractivity (Wildman–Crippen MR) is 68.6 cm³/mol. The van der Waals surface area contributed by atoms with Crippen LogP contribution in [-0.2, 0) is 11.5 Å². The van der Waals surface area contributed by atoms with Crippen LogP contribution < -0.4 is 5.32 Å². The number of aromatic nitrogens is 2. The molecule has 1 heterocycles. The number of nitrogens with zero attached hydrogens (tertiary/aromatic N) is 2. The van der Waals surface area contributed by atoms with Crippen LogP contribution >= 0.6 is 11.6 Å². The van der Waals surface area contributed by atoms with E-state index in [1.165, 1.54) is 0 Å². The van der Waals surface area contributed by atoms with Crippen LogP contribution in [0.2, 0.25) is 5.02 Å². The second kappa shape index (κ2) is 5.66. The van der Waals surface area contributed by atoms with E-state index in [1.54, 1.807) is 48.5 Å². The lowest BCUT2D eigenvalue weighted by molar-refractivity contribution is 0.102. The Balaban J connectivity index is 2.09. The Morgan fingerprint density at radius 3 is 3.00 bits per heavy atom. The molecule has 94 valence electrons.